The molecule has 0 spiro atoms. The monoisotopic (exact) mass is 293 g/mol. The summed E-state index contributed by atoms with van der Waals surface area (Å²) < 4.78 is 7.36. The Morgan fingerprint density at radius 2 is 2.25 bits per heavy atom. The Hall–Kier alpha value is -1.66. The third kappa shape index (κ3) is 2.25. The lowest BCUT2D eigenvalue weighted by Gasteiger charge is -2.19. The van der Waals surface area contributed by atoms with Crippen LogP contribution in [-0.4, -0.2) is 33.4 Å². The maximum Gasteiger partial charge on any atom is 0.182 e. The zero-order valence-electron chi connectivity index (χ0n) is 11.2. The Balaban J connectivity index is 1.99. The zero-order valence-corrected chi connectivity index (χ0v) is 11.9. The van der Waals surface area contributed by atoms with E-state index in [1.54, 1.807) is 19.2 Å². The predicted molar refractivity (Wildman–Crippen MR) is 76.4 cm³/mol. The molecule has 0 amide bonds. The maximum absolute atomic E-state index is 6.07. The van der Waals surface area contributed by atoms with Gasteiger partial charge in [-0.05, 0) is 47.9 Å². The summed E-state index contributed by atoms with van der Waals surface area (Å²) in [5.74, 6) is 0.695. The van der Waals surface area contributed by atoms with E-state index in [1.165, 1.54) is 0 Å². The number of hydrogen-bond acceptors (Lipinski definition) is 5. The molecular formula is C13H16ClN5O. The molecule has 0 saturated heterocycles. The summed E-state index contributed by atoms with van der Waals surface area (Å²) in [6.45, 7) is 0. The zero-order chi connectivity index (χ0) is 14.1. The van der Waals surface area contributed by atoms with Crippen molar-refractivity contribution in [3.63, 3.8) is 0 Å². The van der Waals surface area contributed by atoms with Gasteiger partial charge in [-0.1, -0.05) is 11.6 Å². The summed E-state index contributed by atoms with van der Waals surface area (Å²) in [6.07, 6.45) is 3.31. The molecule has 0 radical (unpaired) electrons. The van der Waals surface area contributed by atoms with Gasteiger partial charge in [0.15, 0.2) is 5.82 Å². The molecular weight excluding hydrogens is 278 g/mol. The van der Waals surface area contributed by atoms with Crippen LogP contribution in [0.1, 0.15) is 25.3 Å². The summed E-state index contributed by atoms with van der Waals surface area (Å²) in [4.78, 5) is 0. The van der Waals surface area contributed by atoms with Crippen LogP contribution in [0, 0.1) is 0 Å². The number of aromatic nitrogens is 4. The van der Waals surface area contributed by atoms with E-state index in [-0.39, 0.29) is 12.1 Å². The Morgan fingerprint density at radius 3 is 3.00 bits per heavy atom. The van der Waals surface area contributed by atoms with E-state index in [0.29, 0.717) is 16.5 Å². The van der Waals surface area contributed by atoms with Gasteiger partial charge in [0.2, 0.25) is 0 Å². The first kappa shape index (κ1) is 13.3. The molecule has 7 heteroatoms. The van der Waals surface area contributed by atoms with Gasteiger partial charge in [0.25, 0.3) is 0 Å². The average molecular weight is 294 g/mol. The molecule has 0 bridgehead atoms. The minimum Gasteiger partial charge on any atom is -0.398 e. The highest BCUT2D eigenvalue weighted by Crippen LogP contribution is 2.34. The highest BCUT2D eigenvalue weighted by atomic mass is 35.5. The topological polar surface area (TPSA) is 78.8 Å². The summed E-state index contributed by atoms with van der Waals surface area (Å²) in [6, 6.07) is 5.59. The van der Waals surface area contributed by atoms with Crippen molar-refractivity contribution in [1.82, 2.24) is 20.2 Å². The second kappa shape index (κ2) is 5.38. The van der Waals surface area contributed by atoms with Crippen molar-refractivity contribution in [3.8, 4) is 11.4 Å². The number of nitrogens with two attached hydrogens (primary N) is 1. The maximum atomic E-state index is 6.07. The van der Waals surface area contributed by atoms with E-state index in [9.17, 15) is 0 Å². The molecule has 1 aliphatic rings. The van der Waals surface area contributed by atoms with E-state index >= 15 is 0 Å². The van der Waals surface area contributed by atoms with Gasteiger partial charge < -0.3 is 10.5 Å². The number of halogens is 1. The van der Waals surface area contributed by atoms with Crippen molar-refractivity contribution in [1.29, 1.82) is 0 Å². The van der Waals surface area contributed by atoms with Crippen molar-refractivity contribution in [2.24, 2.45) is 0 Å². The highest BCUT2D eigenvalue weighted by molar-refractivity contribution is 6.33. The molecule has 1 saturated carbocycles. The quantitative estimate of drug-likeness (QED) is 0.879. The Bertz CT molecular complexity index is 615. The van der Waals surface area contributed by atoms with Crippen molar-refractivity contribution < 1.29 is 4.74 Å². The molecule has 2 unspecified atom stereocenters. The van der Waals surface area contributed by atoms with Crippen LogP contribution in [0.2, 0.25) is 5.02 Å². The van der Waals surface area contributed by atoms with Crippen molar-refractivity contribution in [2.45, 2.75) is 31.4 Å². The van der Waals surface area contributed by atoms with Gasteiger partial charge in [0.1, 0.15) is 0 Å². The number of nitrogen functional groups attached to an aromatic ring is 1. The van der Waals surface area contributed by atoms with E-state index in [0.717, 1.165) is 24.8 Å². The third-order valence-corrected chi connectivity index (χ3v) is 4.11. The Morgan fingerprint density at radius 1 is 1.40 bits per heavy atom. The number of ether oxygens (including phenoxy) is 1. The third-order valence-electron chi connectivity index (χ3n) is 3.79. The van der Waals surface area contributed by atoms with Crippen LogP contribution in [0.25, 0.3) is 11.4 Å². The van der Waals surface area contributed by atoms with Gasteiger partial charge in [-0.3, -0.25) is 0 Å². The van der Waals surface area contributed by atoms with Gasteiger partial charge in [0.05, 0.1) is 22.9 Å². The Kier molecular flexibility index (Phi) is 3.58. The number of methoxy groups -OCH3 is 1. The molecule has 2 N–H and O–H groups in total. The molecule has 6 nitrogen and oxygen atoms in total. The lowest BCUT2D eigenvalue weighted by molar-refractivity contribution is 0.0708. The van der Waals surface area contributed by atoms with Crippen molar-refractivity contribution in [3.05, 3.63) is 23.2 Å². The number of anilines is 1. The average Bonchev–Trinajstić information content (AvgIpc) is 3.08. The van der Waals surface area contributed by atoms with Crippen LogP contribution >= 0.6 is 11.6 Å². The first-order valence-electron chi connectivity index (χ1n) is 6.56. The Labute approximate surface area is 121 Å². The molecule has 1 heterocycles. The first-order valence-corrected chi connectivity index (χ1v) is 6.94. The largest absolute Gasteiger partial charge is 0.398 e. The minimum absolute atomic E-state index is 0.154. The molecule has 2 aromatic rings. The predicted octanol–water partition coefficient (Wildman–Crippen LogP) is 2.32. The first-order chi connectivity index (χ1) is 9.70. The molecule has 1 aliphatic carbocycles. The number of nitrogens with zero attached hydrogens (tertiary/aromatic N) is 4. The summed E-state index contributed by atoms with van der Waals surface area (Å²) in [5.41, 5.74) is 7.14. The standard InChI is InChI=1S/C13H16ClN5O/c1-20-12-4-2-3-11(12)19-13(16-17-18-19)8-5-6-10(15)9(14)7-8/h5-7,11-12H,2-4,15H2,1H3. The lowest BCUT2D eigenvalue weighted by Crippen LogP contribution is -2.22. The molecule has 1 aromatic carbocycles. The number of tetrazole rings is 1. The van der Waals surface area contributed by atoms with Gasteiger partial charge in [-0.2, -0.15) is 0 Å². The minimum atomic E-state index is 0.154. The van der Waals surface area contributed by atoms with Crippen LogP contribution in [0.5, 0.6) is 0 Å². The number of hydrogen-bond donors (Lipinski definition) is 1. The van der Waals surface area contributed by atoms with E-state index in [2.05, 4.69) is 15.5 Å². The van der Waals surface area contributed by atoms with E-state index < -0.39 is 0 Å². The van der Waals surface area contributed by atoms with Crippen LogP contribution in [-0.2, 0) is 4.74 Å². The molecule has 2 atom stereocenters. The van der Waals surface area contributed by atoms with Crippen LogP contribution in [0.15, 0.2) is 18.2 Å². The second-order valence-electron chi connectivity index (χ2n) is 4.96. The molecule has 1 fully saturated rings. The van der Waals surface area contributed by atoms with Gasteiger partial charge in [-0.15, -0.1) is 5.10 Å². The second-order valence-corrected chi connectivity index (χ2v) is 5.36. The number of benzene rings is 1. The van der Waals surface area contributed by atoms with Gasteiger partial charge in [-0.25, -0.2) is 4.68 Å². The smallest absolute Gasteiger partial charge is 0.182 e. The highest BCUT2D eigenvalue weighted by Gasteiger charge is 2.31. The van der Waals surface area contributed by atoms with E-state index in [4.69, 9.17) is 22.1 Å². The van der Waals surface area contributed by atoms with Crippen LogP contribution in [0.3, 0.4) is 0 Å². The van der Waals surface area contributed by atoms with Crippen LogP contribution < -0.4 is 5.73 Å². The molecule has 1 aromatic heterocycles. The normalized spacial score (nSPS) is 22.3. The fourth-order valence-electron chi connectivity index (χ4n) is 2.73. The summed E-state index contributed by atoms with van der Waals surface area (Å²) in [5, 5.41) is 12.5. The molecule has 3 rings (SSSR count). The van der Waals surface area contributed by atoms with Crippen molar-refractivity contribution in [2.75, 3.05) is 12.8 Å². The van der Waals surface area contributed by atoms with Crippen LogP contribution in [0.4, 0.5) is 5.69 Å². The number of rotatable bonds is 3. The van der Waals surface area contributed by atoms with Crippen molar-refractivity contribution >= 4 is 17.3 Å². The van der Waals surface area contributed by atoms with E-state index in [1.807, 2.05) is 10.7 Å². The lowest BCUT2D eigenvalue weighted by atomic mass is 10.1. The SMILES string of the molecule is COC1CCCC1n1nnnc1-c1ccc(N)c(Cl)c1. The fraction of sp³-hybridized carbons (Fsp3) is 0.462. The summed E-state index contributed by atoms with van der Waals surface area (Å²) in [7, 11) is 1.73. The molecule has 0 aliphatic heterocycles. The fourth-order valence-corrected chi connectivity index (χ4v) is 2.91. The van der Waals surface area contributed by atoms with Gasteiger partial charge in [0, 0.05) is 12.7 Å². The molecule has 20 heavy (non-hydrogen) atoms. The molecule has 106 valence electrons. The van der Waals surface area contributed by atoms with Gasteiger partial charge >= 0.3 is 0 Å². The summed E-state index contributed by atoms with van der Waals surface area (Å²) >= 11 is 6.07.